The molecule has 0 amide bonds. The molecule has 5 heteroatoms. The van der Waals surface area contributed by atoms with Crippen LogP contribution in [-0.2, 0) is 0 Å². The van der Waals surface area contributed by atoms with E-state index in [2.05, 4.69) is 53.3 Å². The Hall–Kier alpha value is -0.190. The normalized spacial score (nSPS) is 12.4. The summed E-state index contributed by atoms with van der Waals surface area (Å²) in [7, 11) is 0. The highest BCUT2D eigenvalue weighted by atomic mass is 79.9. The summed E-state index contributed by atoms with van der Waals surface area (Å²) in [5.41, 5.74) is 1.26. The molecule has 1 N–H and O–H groups in total. The molecular weight excluding hydrogens is 389 g/mol. The van der Waals surface area contributed by atoms with E-state index >= 15 is 0 Å². The lowest BCUT2D eigenvalue weighted by Gasteiger charge is -2.15. The van der Waals surface area contributed by atoms with E-state index in [0.29, 0.717) is 16.1 Å². The first-order valence-corrected chi connectivity index (χ1v) is 9.03. The van der Waals surface area contributed by atoms with Crippen LogP contribution in [0.2, 0.25) is 10.0 Å². The summed E-state index contributed by atoms with van der Waals surface area (Å²) in [5.74, 6) is 0. The lowest BCUT2D eigenvalue weighted by atomic mass is 10.1. The third-order valence-electron chi connectivity index (χ3n) is 3.08. The topological polar surface area (TPSA) is 12.0 Å². The molecule has 0 bridgehead atoms. The maximum Gasteiger partial charge on any atom is 0.0603 e. The Balaban J connectivity index is 2.18. The molecule has 21 heavy (non-hydrogen) atoms. The maximum atomic E-state index is 6.05. The zero-order valence-corrected chi connectivity index (χ0v) is 15.7. The summed E-state index contributed by atoms with van der Waals surface area (Å²) in [6, 6.07) is 12.4. The Morgan fingerprint density at radius 2 is 1.76 bits per heavy atom. The molecule has 0 saturated carbocycles. The molecule has 0 aliphatic rings. The van der Waals surface area contributed by atoms with E-state index in [9.17, 15) is 0 Å². The van der Waals surface area contributed by atoms with Crippen LogP contribution in [0.25, 0.3) is 0 Å². The van der Waals surface area contributed by atoms with Gasteiger partial charge in [0.1, 0.15) is 0 Å². The van der Waals surface area contributed by atoms with Gasteiger partial charge in [0.2, 0.25) is 0 Å². The third kappa shape index (κ3) is 4.64. The number of benzene rings is 2. The Labute approximate surface area is 148 Å². The minimum atomic E-state index is 0.327. The molecule has 0 spiro atoms. The fourth-order valence-electron chi connectivity index (χ4n) is 2.02. The number of rotatable bonds is 5. The first-order chi connectivity index (χ1) is 10.0. The van der Waals surface area contributed by atoms with Crippen molar-refractivity contribution in [3.8, 4) is 0 Å². The van der Waals surface area contributed by atoms with Gasteiger partial charge in [-0.3, -0.25) is 0 Å². The fourth-order valence-corrected chi connectivity index (χ4v) is 4.15. The molecule has 2 aromatic rings. The number of halogens is 3. The molecule has 2 aromatic carbocycles. The van der Waals surface area contributed by atoms with Gasteiger partial charge in [-0.1, -0.05) is 63.9 Å². The van der Waals surface area contributed by atoms with Crippen molar-refractivity contribution in [2.45, 2.75) is 29.7 Å². The van der Waals surface area contributed by atoms with Crippen molar-refractivity contribution in [1.29, 1.82) is 0 Å². The van der Waals surface area contributed by atoms with Crippen LogP contribution in [0.5, 0.6) is 0 Å². The van der Waals surface area contributed by atoms with Crippen molar-refractivity contribution in [3.05, 3.63) is 56.5 Å². The average Bonchev–Trinajstić information content (AvgIpc) is 2.43. The van der Waals surface area contributed by atoms with Crippen molar-refractivity contribution in [3.63, 3.8) is 0 Å². The largest absolute Gasteiger partial charge is 0.310 e. The molecule has 0 aliphatic heterocycles. The highest BCUT2D eigenvalue weighted by Crippen LogP contribution is 2.35. The SMILES string of the molecule is CCNC(C)c1ccc(Sc2ccc(Cl)c(Cl)c2)cc1Br. The van der Waals surface area contributed by atoms with Gasteiger partial charge in [-0.05, 0) is 49.4 Å². The van der Waals surface area contributed by atoms with E-state index in [-0.39, 0.29) is 0 Å². The Kier molecular flexibility index (Phi) is 6.45. The Bertz CT molecular complexity index is 634. The zero-order chi connectivity index (χ0) is 15.4. The van der Waals surface area contributed by atoms with E-state index < -0.39 is 0 Å². The first-order valence-electron chi connectivity index (χ1n) is 6.67. The molecule has 1 atom stereocenters. The van der Waals surface area contributed by atoms with Gasteiger partial charge in [0.05, 0.1) is 10.0 Å². The summed E-state index contributed by atoms with van der Waals surface area (Å²) in [6.07, 6.45) is 0. The van der Waals surface area contributed by atoms with Gasteiger partial charge < -0.3 is 5.32 Å². The van der Waals surface area contributed by atoms with E-state index in [4.69, 9.17) is 23.2 Å². The third-order valence-corrected chi connectivity index (χ3v) is 5.48. The minimum absolute atomic E-state index is 0.327. The molecule has 0 fully saturated rings. The lowest BCUT2D eigenvalue weighted by molar-refractivity contribution is 0.595. The smallest absolute Gasteiger partial charge is 0.0603 e. The zero-order valence-electron chi connectivity index (χ0n) is 11.8. The summed E-state index contributed by atoms with van der Waals surface area (Å²) in [6.45, 7) is 5.22. The van der Waals surface area contributed by atoms with Gasteiger partial charge in [0.15, 0.2) is 0 Å². The van der Waals surface area contributed by atoms with E-state index in [1.807, 2.05) is 18.2 Å². The van der Waals surface area contributed by atoms with Gasteiger partial charge >= 0.3 is 0 Å². The van der Waals surface area contributed by atoms with Gasteiger partial charge in [-0.25, -0.2) is 0 Å². The molecule has 112 valence electrons. The summed E-state index contributed by atoms with van der Waals surface area (Å²) < 4.78 is 1.11. The summed E-state index contributed by atoms with van der Waals surface area (Å²) in [4.78, 5) is 2.23. The van der Waals surface area contributed by atoms with Crippen molar-refractivity contribution < 1.29 is 0 Å². The quantitative estimate of drug-likeness (QED) is 0.603. The Morgan fingerprint density at radius 1 is 1.10 bits per heavy atom. The molecule has 2 rings (SSSR count). The highest BCUT2D eigenvalue weighted by Gasteiger charge is 2.09. The summed E-state index contributed by atoms with van der Waals surface area (Å²) in [5, 5.41) is 4.58. The van der Waals surface area contributed by atoms with Crippen LogP contribution >= 0.6 is 50.9 Å². The second-order valence-electron chi connectivity index (χ2n) is 4.64. The van der Waals surface area contributed by atoms with Crippen LogP contribution in [0.15, 0.2) is 50.7 Å². The van der Waals surface area contributed by atoms with Crippen molar-refractivity contribution in [1.82, 2.24) is 5.32 Å². The first kappa shape index (κ1) is 17.2. The molecule has 1 nitrogen and oxygen atoms in total. The van der Waals surface area contributed by atoms with Crippen molar-refractivity contribution in [2.75, 3.05) is 6.54 Å². The molecule has 1 unspecified atom stereocenters. The van der Waals surface area contributed by atoms with E-state index in [1.165, 1.54) is 5.56 Å². The van der Waals surface area contributed by atoms with Crippen LogP contribution in [0.3, 0.4) is 0 Å². The lowest BCUT2D eigenvalue weighted by Crippen LogP contribution is -2.17. The molecular formula is C16H16BrCl2NS. The predicted molar refractivity (Wildman–Crippen MR) is 96.8 cm³/mol. The maximum absolute atomic E-state index is 6.05. The second kappa shape index (κ2) is 7.89. The molecule has 0 aliphatic carbocycles. The molecule has 0 heterocycles. The number of hydrogen-bond acceptors (Lipinski definition) is 2. The van der Waals surface area contributed by atoms with E-state index in [1.54, 1.807) is 11.8 Å². The number of hydrogen-bond donors (Lipinski definition) is 1. The standard InChI is InChI=1S/C16H16BrCl2NS/c1-3-20-10(2)13-6-4-11(8-14(13)17)21-12-5-7-15(18)16(19)9-12/h4-10,20H,3H2,1-2H3. The van der Waals surface area contributed by atoms with Gasteiger partial charge in [-0.15, -0.1) is 0 Å². The Morgan fingerprint density at radius 3 is 2.38 bits per heavy atom. The van der Waals surface area contributed by atoms with Crippen LogP contribution in [0, 0.1) is 0 Å². The minimum Gasteiger partial charge on any atom is -0.310 e. The van der Waals surface area contributed by atoms with Crippen molar-refractivity contribution >= 4 is 50.9 Å². The van der Waals surface area contributed by atoms with Gasteiger partial charge in [0, 0.05) is 20.3 Å². The predicted octanol–water partition coefficient (Wildman–Crippen LogP) is 6.58. The summed E-state index contributed by atoms with van der Waals surface area (Å²) >= 11 is 17.3. The molecule has 0 saturated heterocycles. The van der Waals surface area contributed by atoms with Crippen molar-refractivity contribution in [2.24, 2.45) is 0 Å². The van der Waals surface area contributed by atoms with Crippen LogP contribution in [0.1, 0.15) is 25.5 Å². The van der Waals surface area contributed by atoms with Crippen LogP contribution in [0.4, 0.5) is 0 Å². The second-order valence-corrected chi connectivity index (χ2v) is 7.46. The van der Waals surface area contributed by atoms with Gasteiger partial charge in [0.25, 0.3) is 0 Å². The van der Waals surface area contributed by atoms with Gasteiger partial charge in [-0.2, -0.15) is 0 Å². The van der Waals surface area contributed by atoms with E-state index in [0.717, 1.165) is 20.8 Å². The highest BCUT2D eigenvalue weighted by molar-refractivity contribution is 9.10. The van der Waals surface area contributed by atoms with Crippen LogP contribution in [-0.4, -0.2) is 6.54 Å². The fraction of sp³-hybridized carbons (Fsp3) is 0.250. The molecule has 0 aromatic heterocycles. The molecule has 0 radical (unpaired) electrons. The monoisotopic (exact) mass is 403 g/mol. The average molecular weight is 405 g/mol. The number of nitrogens with one attached hydrogen (secondary N) is 1. The van der Waals surface area contributed by atoms with Crippen LogP contribution < -0.4 is 5.32 Å².